The van der Waals surface area contributed by atoms with Crippen LogP contribution in [0.5, 0.6) is 0 Å². The Balaban J connectivity index is 1.48. The number of halogens is 1. The third-order valence-electron chi connectivity index (χ3n) is 4.51. The first kappa shape index (κ1) is 14.9. The Morgan fingerprint density at radius 3 is 2.78 bits per heavy atom. The summed E-state index contributed by atoms with van der Waals surface area (Å²) in [5, 5.41) is 4.10. The van der Waals surface area contributed by atoms with Gasteiger partial charge in [0.25, 0.3) is 0 Å². The number of carbonyl (C=O) groups is 1. The standard InChI is InChI=1S/C17H18BrN3O2/c18-13-7-3-11(4-8-13)10-15-19-16(23-20-15)14-2-1-9-21(14)17(22)12-5-6-12/h3-4,7-8,12,14H,1-2,5-6,9-10H2. The van der Waals surface area contributed by atoms with Gasteiger partial charge >= 0.3 is 0 Å². The van der Waals surface area contributed by atoms with E-state index in [1.54, 1.807) is 0 Å². The van der Waals surface area contributed by atoms with Crippen LogP contribution in [-0.4, -0.2) is 27.5 Å². The molecule has 1 aliphatic carbocycles. The molecule has 1 aromatic heterocycles. The lowest BCUT2D eigenvalue weighted by Gasteiger charge is -2.21. The van der Waals surface area contributed by atoms with Crippen molar-refractivity contribution < 1.29 is 9.32 Å². The van der Waals surface area contributed by atoms with Gasteiger partial charge in [0.2, 0.25) is 11.8 Å². The number of benzene rings is 1. The van der Waals surface area contributed by atoms with Gasteiger partial charge in [0.1, 0.15) is 6.04 Å². The van der Waals surface area contributed by atoms with Crippen LogP contribution in [0.3, 0.4) is 0 Å². The van der Waals surface area contributed by atoms with Gasteiger partial charge in [0.15, 0.2) is 5.82 Å². The molecule has 1 saturated carbocycles. The van der Waals surface area contributed by atoms with Crippen molar-refractivity contribution in [2.75, 3.05) is 6.54 Å². The molecule has 0 N–H and O–H groups in total. The number of carbonyl (C=O) groups excluding carboxylic acids is 1. The van der Waals surface area contributed by atoms with E-state index in [1.165, 1.54) is 0 Å². The van der Waals surface area contributed by atoms with Crippen molar-refractivity contribution in [2.45, 2.75) is 38.1 Å². The number of amides is 1. The summed E-state index contributed by atoms with van der Waals surface area (Å²) in [5.41, 5.74) is 1.14. The van der Waals surface area contributed by atoms with Crippen LogP contribution in [-0.2, 0) is 11.2 Å². The number of likely N-dealkylation sites (tertiary alicyclic amines) is 1. The SMILES string of the molecule is O=C(C1CC1)N1CCCC1c1nc(Cc2ccc(Br)cc2)no1. The molecule has 6 heteroatoms. The lowest BCUT2D eigenvalue weighted by atomic mass is 10.1. The van der Waals surface area contributed by atoms with Gasteiger partial charge in [-0.15, -0.1) is 0 Å². The molecule has 120 valence electrons. The molecule has 1 aliphatic heterocycles. The molecule has 1 saturated heterocycles. The minimum Gasteiger partial charge on any atom is -0.337 e. The number of aromatic nitrogens is 2. The first-order valence-corrected chi connectivity index (χ1v) is 8.87. The van der Waals surface area contributed by atoms with Gasteiger partial charge in [-0.25, -0.2) is 0 Å². The molecule has 2 aromatic rings. The summed E-state index contributed by atoms with van der Waals surface area (Å²) in [7, 11) is 0. The Hall–Kier alpha value is -1.69. The minimum atomic E-state index is -0.0331. The zero-order valence-corrected chi connectivity index (χ0v) is 14.3. The summed E-state index contributed by atoms with van der Waals surface area (Å²) in [6, 6.07) is 8.05. The Bertz CT molecular complexity index is 709. The molecule has 2 aliphatic rings. The second-order valence-electron chi connectivity index (χ2n) is 6.32. The topological polar surface area (TPSA) is 59.2 Å². The molecular formula is C17H18BrN3O2. The fraction of sp³-hybridized carbons (Fsp3) is 0.471. The van der Waals surface area contributed by atoms with Crippen LogP contribution < -0.4 is 0 Å². The highest BCUT2D eigenvalue weighted by Gasteiger charge is 2.40. The zero-order chi connectivity index (χ0) is 15.8. The van der Waals surface area contributed by atoms with E-state index in [0.29, 0.717) is 18.1 Å². The molecule has 0 radical (unpaired) electrons. The molecule has 2 heterocycles. The van der Waals surface area contributed by atoms with Crippen molar-refractivity contribution in [3.8, 4) is 0 Å². The maximum atomic E-state index is 12.4. The quantitative estimate of drug-likeness (QED) is 0.820. The van der Waals surface area contributed by atoms with E-state index in [4.69, 9.17) is 4.52 Å². The third kappa shape index (κ3) is 3.17. The molecule has 4 rings (SSSR count). The number of nitrogens with zero attached hydrogens (tertiary/aromatic N) is 3. The first-order valence-electron chi connectivity index (χ1n) is 8.08. The van der Waals surface area contributed by atoms with Gasteiger partial charge in [-0.05, 0) is 43.4 Å². The fourth-order valence-corrected chi connectivity index (χ4v) is 3.38. The smallest absolute Gasteiger partial charge is 0.249 e. The van der Waals surface area contributed by atoms with Crippen LogP contribution in [0.4, 0.5) is 0 Å². The van der Waals surface area contributed by atoms with Crippen molar-refractivity contribution >= 4 is 21.8 Å². The van der Waals surface area contributed by atoms with Gasteiger partial charge in [-0.2, -0.15) is 4.98 Å². The monoisotopic (exact) mass is 375 g/mol. The van der Waals surface area contributed by atoms with Crippen molar-refractivity contribution in [1.29, 1.82) is 0 Å². The average Bonchev–Trinajstić information content (AvgIpc) is 3.11. The molecule has 2 fully saturated rings. The van der Waals surface area contributed by atoms with Gasteiger partial charge in [-0.3, -0.25) is 4.79 Å². The Kier molecular flexibility index (Phi) is 3.93. The van der Waals surface area contributed by atoms with Crippen molar-refractivity contribution in [2.24, 2.45) is 5.92 Å². The van der Waals surface area contributed by atoms with E-state index in [1.807, 2.05) is 29.2 Å². The molecule has 1 atom stereocenters. The van der Waals surface area contributed by atoms with Crippen molar-refractivity contribution in [3.05, 3.63) is 46.0 Å². The molecule has 1 aromatic carbocycles. The van der Waals surface area contributed by atoms with Crippen LogP contribution in [0.25, 0.3) is 0 Å². The summed E-state index contributed by atoms with van der Waals surface area (Å²) in [6.07, 6.45) is 4.62. The Morgan fingerprint density at radius 2 is 2.04 bits per heavy atom. The van der Waals surface area contributed by atoms with E-state index >= 15 is 0 Å². The predicted molar refractivity (Wildman–Crippen MR) is 87.7 cm³/mol. The predicted octanol–water partition coefficient (Wildman–Crippen LogP) is 3.50. The highest BCUT2D eigenvalue weighted by atomic mass is 79.9. The van der Waals surface area contributed by atoms with Crippen LogP contribution >= 0.6 is 15.9 Å². The van der Waals surface area contributed by atoms with Gasteiger partial charge < -0.3 is 9.42 Å². The van der Waals surface area contributed by atoms with E-state index in [2.05, 4.69) is 26.1 Å². The highest BCUT2D eigenvalue weighted by Crippen LogP contribution is 2.38. The summed E-state index contributed by atoms with van der Waals surface area (Å²) in [4.78, 5) is 18.8. The van der Waals surface area contributed by atoms with Crippen LogP contribution in [0.1, 0.15) is 49.0 Å². The maximum Gasteiger partial charge on any atom is 0.249 e. The lowest BCUT2D eigenvalue weighted by molar-refractivity contribution is -0.133. The second kappa shape index (κ2) is 6.07. The van der Waals surface area contributed by atoms with Crippen molar-refractivity contribution in [3.63, 3.8) is 0 Å². The van der Waals surface area contributed by atoms with E-state index in [-0.39, 0.29) is 17.9 Å². The van der Waals surface area contributed by atoms with E-state index in [9.17, 15) is 4.79 Å². The maximum absolute atomic E-state index is 12.4. The lowest BCUT2D eigenvalue weighted by Crippen LogP contribution is -2.31. The summed E-state index contributed by atoms with van der Waals surface area (Å²) in [5.74, 6) is 1.76. The van der Waals surface area contributed by atoms with Gasteiger partial charge in [0, 0.05) is 23.4 Å². The first-order chi connectivity index (χ1) is 11.2. The second-order valence-corrected chi connectivity index (χ2v) is 7.23. The largest absolute Gasteiger partial charge is 0.337 e. The van der Waals surface area contributed by atoms with E-state index < -0.39 is 0 Å². The summed E-state index contributed by atoms with van der Waals surface area (Å²) < 4.78 is 6.51. The van der Waals surface area contributed by atoms with E-state index in [0.717, 1.165) is 42.3 Å². The molecule has 1 unspecified atom stereocenters. The van der Waals surface area contributed by atoms with Gasteiger partial charge in [-0.1, -0.05) is 33.2 Å². The fourth-order valence-electron chi connectivity index (χ4n) is 3.11. The minimum absolute atomic E-state index is 0.0331. The molecule has 23 heavy (non-hydrogen) atoms. The zero-order valence-electron chi connectivity index (χ0n) is 12.7. The van der Waals surface area contributed by atoms with Crippen molar-refractivity contribution in [1.82, 2.24) is 15.0 Å². The summed E-state index contributed by atoms with van der Waals surface area (Å²) >= 11 is 3.43. The molecule has 0 spiro atoms. The molecule has 0 bridgehead atoms. The Morgan fingerprint density at radius 1 is 1.26 bits per heavy atom. The molecular weight excluding hydrogens is 358 g/mol. The third-order valence-corrected chi connectivity index (χ3v) is 5.04. The Labute approximate surface area is 143 Å². The summed E-state index contributed by atoms with van der Waals surface area (Å²) in [6.45, 7) is 0.810. The number of hydrogen-bond donors (Lipinski definition) is 0. The van der Waals surface area contributed by atoms with Gasteiger partial charge in [0.05, 0.1) is 0 Å². The average molecular weight is 376 g/mol. The normalized spacial score (nSPS) is 20.9. The molecule has 5 nitrogen and oxygen atoms in total. The number of hydrogen-bond acceptors (Lipinski definition) is 4. The van der Waals surface area contributed by atoms with Crippen LogP contribution in [0.2, 0.25) is 0 Å². The molecule has 1 amide bonds. The number of rotatable bonds is 4. The van der Waals surface area contributed by atoms with Crippen LogP contribution in [0.15, 0.2) is 33.3 Å². The van der Waals surface area contributed by atoms with Crippen LogP contribution in [0, 0.1) is 5.92 Å². The highest BCUT2D eigenvalue weighted by molar-refractivity contribution is 9.10.